The number of pyridine rings is 1. The number of amides is 2. The summed E-state index contributed by atoms with van der Waals surface area (Å²) in [6, 6.07) is 3.15. The summed E-state index contributed by atoms with van der Waals surface area (Å²) in [6.45, 7) is 0.455. The molecule has 2 rings (SSSR count). The van der Waals surface area contributed by atoms with Gasteiger partial charge in [0.25, 0.3) is 0 Å². The van der Waals surface area contributed by atoms with Gasteiger partial charge in [0, 0.05) is 19.2 Å². The standard InChI is InChI=1S/C11H12ClN3O2/c12-5-10(16)4-9-7-14-11(17)15(9)8-2-1-3-13-6-8/h1-3,6,9H,4-5,7H2,(H,14,17). The van der Waals surface area contributed by atoms with Gasteiger partial charge in [-0.1, -0.05) is 0 Å². The average molecular weight is 254 g/mol. The highest BCUT2D eigenvalue weighted by molar-refractivity contribution is 6.27. The number of Topliss-reactive ketones (excluding diaryl/α,β-unsaturated/α-hetero) is 1. The maximum absolute atomic E-state index is 11.7. The minimum Gasteiger partial charge on any atom is -0.336 e. The topological polar surface area (TPSA) is 62.3 Å². The Morgan fingerprint density at radius 3 is 3.12 bits per heavy atom. The molecule has 17 heavy (non-hydrogen) atoms. The Morgan fingerprint density at radius 1 is 1.65 bits per heavy atom. The van der Waals surface area contributed by atoms with E-state index in [2.05, 4.69) is 10.3 Å². The number of ketones is 1. The van der Waals surface area contributed by atoms with E-state index in [4.69, 9.17) is 11.6 Å². The van der Waals surface area contributed by atoms with Gasteiger partial charge in [-0.05, 0) is 12.1 Å². The van der Waals surface area contributed by atoms with Crippen molar-refractivity contribution in [2.45, 2.75) is 12.5 Å². The minimum absolute atomic E-state index is 0.0223. The molecule has 0 aromatic carbocycles. The van der Waals surface area contributed by atoms with E-state index >= 15 is 0 Å². The van der Waals surface area contributed by atoms with Crippen LogP contribution in [-0.2, 0) is 4.79 Å². The number of anilines is 1. The molecule has 1 aliphatic rings. The number of halogens is 1. The van der Waals surface area contributed by atoms with Crippen LogP contribution in [0.4, 0.5) is 10.5 Å². The van der Waals surface area contributed by atoms with Crippen LogP contribution < -0.4 is 10.2 Å². The number of carbonyl (C=O) groups is 2. The van der Waals surface area contributed by atoms with Gasteiger partial charge in [0.15, 0.2) is 0 Å². The van der Waals surface area contributed by atoms with Crippen LogP contribution in [0.25, 0.3) is 0 Å². The van der Waals surface area contributed by atoms with Crippen LogP contribution in [0.1, 0.15) is 6.42 Å². The average Bonchev–Trinajstić information content (AvgIpc) is 2.71. The fraction of sp³-hybridized carbons (Fsp3) is 0.364. The molecule has 0 radical (unpaired) electrons. The number of rotatable bonds is 4. The van der Waals surface area contributed by atoms with Crippen LogP contribution in [0.2, 0.25) is 0 Å². The molecule has 5 nitrogen and oxygen atoms in total. The van der Waals surface area contributed by atoms with Gasteiger partial charge in [-0.25, -0.2) is 4.79 Å². The molecule has 1 fully saturated rings. The Labute approximate surface area is 104 Å². The maximum atomic E-state index is 11.7. The zero-order chi connectivity index (χ0) is 12.3. The third-order valence-corrected chi connectivity index (χ3v) is 2.91. The SMILES string of the molecule is O=C(CCl)CC1CNC(=O)N1c1cccnc1. The molecule has 90 valence electrons. The van der Waals surface area contributed by atoms with Gasteiger partial charge in [-0.2, -0.15) is 0 Å². The fourth-order valence-electron chi connectivity index (χ4n) is 1.85. The largest absolute Gasteiger partial charge is 0.336 e. The zero-order valence-electron chi connectivity index (χ0n) is 9.10. The Kier molecular flexibility index (Phi) is 3.58. The monoisotopic (exact) mass is 253 g/mol. The molecule has 1 aromatic rings. The first kappa shape index (κ1) is 11.9. The van der Waals surface area contributed by atoms with Crippen LogP contribution in [0, 0.1) is 0 Å². The van der Waals surface area contributed by atoms with Gasteiger partial charge in [0.05, 0.1) is 23.8 Å². The number of hydrogen-bond donors (Lipinski definition) is 1. The van der Waals surface area contributed by atoms with Crippen LogP contribution in [0.15, 0.2) is 24.5 Å². The molecule has 1 aliphatic heterocycles. The number of nitrogens with one attached hydrogen (secondary N) is 1. The van der Waals surface area contributed by atoms with E-state index in [0.29, 0.717) is 12.2 Å². The lowest BCUT2D eigenvalue weighted by Crippen LogP contribution is -2.35. The summed E-state index contributed by atoms with van der Waals surface area (Å²) in [4.78, 5) is 28.6. The second kappa shape index (κ2) is 5.14. The molecule has 1 N–H and O–H groups in total. The fourth-order valence-corrected chi connectivity index (χ4v) is 1.96. The van der Waals surface area contributed by atoms with E-state index in [1.54, 1.807) is 29.4 Å². The second-order valence-corrected chi connectivity index (χ2v) is 4.06. The highest BCUT2D eigenvalue weighted by Crippen LogP contribution is 2.21. The first-order chi connectivity index (χ1) is 8.22. The van der Waals surface area contributed by atoms with Gasteiger partial charge in [-0.15, -0.1) is 11.6 Å². The number of nitrogens with zero attached hydrogens (tertiary/aromatic N) is 2. The highest BCUT2D eigenvalue weighted by Gasteiger charge is 2.33. The Balaban J connectivity index is 2.17. The van der Waals surface area contributed by atoms with Gasteiger partial charge in [0.2, 0.25) is 0 Å². The lowest BCUT2D eigenvalue weighted by molar-refractivity contribution is -0.116. The third-order valence-electron chi connectivity index (χ3n) is 2.61. The van der Waals surface area contributed by atoms with Crippen molar-refractivity contribution in [2.75, 3.05) is 17.3 Å². The van der Waals surface area contributed by atoms with E-state index in [9.17, 15) is 9.59 Å². The first-order valence-electron chi connectivity index (χ1n) is 5.27. The van der Waals surface area contributed by atoms with Crippen molar-refractivity contribution in [1.82, 2.24) is 10.3 Å². The van der Waals surface area contributed by atoms with Gasteiger partial charge >= 0.3 is 6.03 Å². The molecule has 1 atom stereocenters. The summed E-state index contributed by atoms with van der Waals surface area (Å²) in [7, 11) is 0. The molecular formula is C11H12ClN3O2. The van der Waals surface area contributed by atoms with E-state index in [1.807, 2.05) is 0 Å². The molecule has 2 amide bonds. The molecular weight excluding hydrogens is 242 g/mol. The lowest BCUT2D eigenvalue weighted by Gasteiger charge is -2.21. The molecule has 1 saturated heterocycles. The summed E-state index contributed by atoms with van der Waals surface area (Å²) in [5.74, 6) is -0.0898. The lowest BCUT2D eigenvalue weighted by atomic mass is 10.1. The summed E-state index contributed by atoms with van der Waals surface area (Å²) in [6.07, 6.45) is 3.50. The quantitative estimate of drug-likeness (QED) is 0.820. The molecule has 1 aromatic heterocycles. The smallest absolute Gasteiger partial charge is 0.322 e. The van der Waals surface area contributed by atoms with Crippen molar-refractivity contribution in [2.24, 2.45) is 0 Å². The van der Waals surface area contributed by atoms with Gasteiger partial charge in [0.1, 0.15) is 5.78 Å². The number of urea groups is 1. The molecule has 6 heteroatoms. The Hall–Kier alpha value is -1.62. The summed E-state index contributed by atoms with van der Waals surface area (Å²) in [5, 5.41) is 2.71. The maximum Gasteiger partial charge on any atom is 0.322 e. The molecule has 0 bridgehead atoms. The predicted octanol–water partition coefficient (Wildman–Crippen LogP) is 1.18. The zero-order valence-corrected chi connectivity index (χ0v) is 9.85. The second-order valence-electron chi connectivity index (χ2n) is 3.80. The molecule has 1 unspecified atom stereocenters. The van der Waals surface area contributed by atoms with Gasteiger partial charge < -0.3 is 5.32 Å². The molecule has 0 aliphatic carbocycles. The summed E-state index contributed by atoms with van der Waals surface area (Å²) in [5.41, 5.74) is 0.690. The van der Waals surface area contributed by atoms with Crippen molar-refractivity contribution >= 4 is 29.1 Å². The van der Waals surface area contributed by atoms with Crippen molar-refractivity contribution in [3.8, 4) is 0 Å². The third kappa shape index (κ3) is 2.55. The minimum atomic E-state index is -0.203. The molecule has 0 spiro atoms. The highest BCUT2D eigenvalue weighted by atomic mass is 35.5. The number of aromatic nitrogens is 1. The molecule has 2 heterocycles. The van der Waals surface area contributed by atoms with E-state index < -0.39 is 0 Å². The van der Waals surface area contributed by atoms with Crippen LogP contribution >= 0.6 is 11.6 Å². The van der Waals surface area contributed by atoms with Crippen LogP contribution in [0.5, 0.6) is 0 Å². The number of carbonyl (C=O) groups excluding carboxylic acids is 2. The number of hydrogen-bond acceptors (Lipinski definition) is 3. The van der Waals surface area contributed by atoms with Crippen LogP contribution in [-0.4, -0.2) is 35.3 Å². The normalized spacial score (nSPS) is 19.2. The van der Waals surface area contributed by atoms with E-state index in [-0.39, 0.29) is 30.2 Å². The molecule has 0 saturated carbocycles. The Bertz CT molecular complexity index is 424. The van der Waals surface area contributed by atoms with Crippen molar-refractivity contribution in [3.63, 3.8) is 0 Å². The van der Waals surface area contributed by atoms with E-state index in [1.165, 1.54) is 0 Å². The van der Waals surface area contributed by atoms with Crippen LogP contribution in [0.3, 0.4) is 0 Å². The Morgan fingerprint density at radius 2 is 2.47 bits per heavy atom. The van der Waals surface area contributed by atoms with Crippen molar-refractivity contribution < 1.29 is 9.59 Å². The van der Waals surface area contributed by atoms with Crippen molar-refractivity contribution in [1.29, 1.82) is 0 Å². The number of alkyl halides is 1. The summed E-state index contributed by atoms with van der Waals surface area (Å²) < 4.78 is 0. The summed E-state index contributed by atoms with van der Waals surface area (Å²) >= 11 is 5.47. The van der Waals surface area contributed by atoms with Crippen molar-refractivity contribution in [3.05, 3.63) is 24.5 Å². The van der Waals surface area contributed by atoms with E-state index in [0.717, 1.165) is 0 Å². The first-order valence-corrected chi connectivity index (χ1v) is 5.80. The van der Waals surface area contributed by atoms with Gasteiger partial charge in [-0.3, -0.25) is 14.7 Å². The predicted molar refractivity (Wildman–Crippen MR) is 64.2 cm³/mol.